The molecule has 0 atom stereocenters. The van der Waals surface area contributed by atoms with Crippen LogP contribution in [0, 0.1) is 5.41 Å². The Labute approximate surface area is 115 Å². The van der Waals surface area contributed by atoms with E-state index in [1.54, 1.807) is 6.07 Å². The number of sulfonamides is 1. The molecule has 1 heterocycles. The Morgan fingerprint density at radius 2 is 2.05 bits per heavy atom. The molecule has 0 aromatic carbocycles. The smallest absolute Gasteiger partial charge is 0.275 e. The summed E-state index contributed by atoms with van der Waals surface area (Å²) in [6.45, 7) is 3.79. The third-order valence-electron chi connectivity index (χ3n) is 3.78. The molecule has 1 fully saturated rings. The van der Waals surface area contributed by atoms with Gasteiger partial charge in [0, 0.05) is 20.6 Å². The molecule has 0 aliphatic heterocycles. The topological polar surface area (TPSA) is 62.6 Å². The van der Waals surface area contributed by atoms with E-state index in [0.29, 0.717) is 17.7 Å². The number of hydrogen-bond donors (Lipinski definition) is 1. The summed E-state index contributed by atoms with van der Waals surface area (Å²) < 4.78 is 30.2. The van der Waals surface area contributed by atoms with Crippen LogP contribution in [0.1, 0.15) is 31.9 Å². The molecule has 0 saturated heterocycles. The van der Waals surface area contributed by atoms with E-state index in [9.17, 15) is 8.42 Å². The molecule has 1 aromatic rings. The zero-order chi connectivity index (χ0) is 14.1. The zero-order valence-electron chi connectivity index (χ0n) is 11.8. The number of nitrogens with zero attached hydrogens (tertiary/aromatic N) is 1. The standard InChI is InChI=1S/C13H22N2O3S/c1-13(7-4-8-13)10-14-9-11-5-6-12(18-11)19(16,17)15(2)3/h5-6,14H,4,7-10H2,1-3H3. The first-order valence-electron chi connectivity index (χ1n) is 6.55. The highest BCUT2D eigenvalue weighted by molar-refractivity contribution is 7.88. The first-order valence-corrected chi connectivity index (χ1v) is 7.99. The van der Waals surface area contributed by atoms with Crippen LogP contribution in [0.4, 0.5) is 0 Å². The fraction of sp³-hybridized carbons (Fsp3) is 0.692. The van der Waals surface area contributed by atoms with E-state index < -0.39 is 10.0 Å². The van der Waals surface area contributed by atoms with E-state index in [1.165, 1.54) is 39.4 Å². The summed E-state index contributed by atoms with van der Waals surface area (Å²) in [7, 11) is -0.478. The number of hydrogen-bond acceptors (Lipinski definition) is 4. The lowest BCUT2D eigenvalue weighted by molar-refractivity contribution is 0.155. The summed E-state index contributed by atoms with van der Waals surface area (Å²) >= 11 is 0. The Balaban J connectivity index is 1.91. The molecule has 1 aliphatic carbocycles. The van der Waals surface area contributed by atoms with Crippen LogP contribution in [0.5, 0.6) is 0 Å². The van der Waals surface area contributed by atoms with E-state index >= 15 is 0 Å². The van der Waals surface area contributed by atoms with Gasteiger partial charge in [0.25, 0.3) is 10.0 Å². The highest BCUT2D eigenvalue weighted by Gasteiger charge is 2.31. The van der Waals surface area contributed by atoms with E-state index in [-0.39, 0.29) is 5.09 Å². The third-order valence-corrected chi connectivity index (χ3v) is 5.47. The Morgan fingerprint density at radius 1 is 1.37 bits per heavy atom. The van der Waals surface area contributed by atoms with E-state index in [1.807, 2.05) is 0 Å². The summed E-state index contributed by atoms with van der Waals surface area (Å²) in [6, 6.07) is 3.23. The quantitative estimate of drug-likeness (QED) is 0.866. The maximum atomic E-state index is 11.8. The van der Waals surface area contributed by atoms with Crippen LogP contribution in [0.3, 0.4) is 0 Å². The number of rotatable bonds is 6. The molecule has 1 N–H and O–H groups in total. The first kappa shape index (κ1) is 14.6. The van der Waals surface area contributed by atoms with Crippen LogP contribution in [0.25, 0.3) is 0 Å². The van der Waals surface area contributed by atoms with Gasteiger partial charge in [0.05, 0.1) is 6.54 Å². The first-order chi connectivity index (χ1) is 8.83. The van der Waals surface area contributed by atoms with Gasteiger partial charge in [-0.1, -0.05) is 13.3 Å². The van der Waals surface area contributed by atoms with Gasteiger partial charge in [0.2, 0.25) is 5.09 Å². The predicted octanol–water partition coefficient (Wildman–Crippen LogP) is 1.81. The lowest BCUT2D eigenvalue weighted by Gasteiger charge is -2.38. The molecule has 1 saturated carbocycles. The Morgan fingerprint density at radius 3 is 2.58 bits per heavy atom. The maximum absolute atomic E-state index is 11.8. The fourth-order valence-electron chi connectivity index (χ4n) is 2.22. The second-order valence-corrected chi connectivity index (χ2v) is 7.86. The zero-order valence-corrected chi connectivity index (χ0v) is 12.6. The summed E-state index contributed by atoms with van der Waals surface area (Å²) in [5.41, 5.74) is 0.408. The second kappa shape index (κ2) is 5.26. The lowest BCUT2D eigenvalue weighted by Crippen LogP contribution is -2.36. The van der Waals surface area contributed by atoms with E-state index in [2.05, 4.69) is 12.2 Å². The van der Waals surface area contributed by atoms with Crippen molar-refractivity contribution in [2.45, 2.75) is 37.8 Å². The molecule has 108 valence electrons. The van der Waals surface area contributed by atoms with Crippen molar-refractivity contribution in [2.75, 3.05) is 20.6 Å². The second-order valence-electron chi connectivity index (χ2n) is 5.78. The van der Waals surface area contributed by atoms with Crippen LogP contribution < -0.4 is 5.32 Å². The summed E-state index contributed by atoms with van der Waals surface area (Å²) in [6.07, 6.45) is 3.83. The molecule has 6 heteroatoms. The van der Waals surface area contributed by atoms with Crippen LogP contribution in [0.15, 0.2) is 21.6 Å². The van der Waals surface area contributed by atoms with Crippen molar-refractivity contribution in [3.63, 3.8) is 0 Å². The molecule has 0 spiro atoms. The predicted molar refractivity (Wildman–Crippen MR) is 73.2 cm³/mol. The van der Waals surface area contributed by atoms with Crippen molar-refractivity contribution in [3.05, 3.63) is 17.9 Å². The third kappa shape index (κ3) is 3.19. The Bertz CT molecular complexity index is 530. The van der Waals surface area contributed by atoms with Crippen molar-refractivity contribution in [1.82, 2.24) is 9.62 Å². The molecule has 5 nitrogen and oxygen atoms in total. The molecule has 0 amide bonds. The molecule has 19 heavy (non-hydrogen) atoms. The molecule has 0 bridgehead atoms. The molecule has 0 radical (unpaired) electrons. The molecular formula is C13H22N2O3S. The highest BCUT2D eigenvalue weighted by Crippen LogP contribution is 2.39. The van der Waals surface area contributed by atoms with Gasteiger partial charge in [0.1, 0.15) is 5.76 Å². The Hall–Kier alpha value is -0.850. The van der Waals surface area contributed by atoms with E-state index in [4.69, 9.17) is 4.42 Å². The van der Waals surface area contributed by atoms with Crippen molar-refractivity contribution >= 4 is 10.0 Å². The summed E-state index contributed by atoms with van der Waals surface area (Å²) in [5.74, 6) is 0.656. The molecule has 1 aliphatic rings. The van der Waals surface area contributed by atoms with Crippen molar-refractivity contribution in [1.29, 1.82) is 0 Å². The highest BCUT2D eigenvalue weighted by atomic mass is 32.2. The van der Waals surface area contributed by atoms with Crippen LogP contribution in [0.2, 0.25) is 0 Å². The minimum absolute atomic E-state index is 0.00385. The van der Waals surface area contributed by atoms with Crippen molar-refractivity contribution < 1.29 is 12.8 Å². The number of nitrogens with one attached hydrogen (secondary N) is 1. The van der Waals surface area contributed by atoms with Crippen LogP contribution in [-0.2, 0) is 16.6 Å². The van der Waals surface area contributed by atoms with Gasteiger partial charge in [0.15, 0.2) is 0 Å². The molecule has 1 aromatic heterocycles. The van der Waals surface area contributed by atoms with Gasteiger partial charge in [-0.3, -0.25) is 0 Å². The largest absolute Gasteiger partial charge is 0.447 e. The van der Waals surface area contributed by atoms with Gasteiger partial charge in [-0.15, -0.1) is 0 Å². The van der Waals surface area contributed by atoms with E-state index in [0.717, 1.165) is 10.8 Å². The normalized spacial score (nSPS) is 18.5. The van der Waals surface area contributed by atoms with Crippen molar-refractivity contribution in [2.24, 2.45) is 5.41 Å². The molecular weight excluding hydrogens is 264 g/mol. The lowest BCUT2D eigenvalue weighted by atomic mass is 9.70. The van der Waals surface area contributed by atoms with Crippen LogP contribution >= 0.6 is 0 Å². The molecule has 2 rings (SSSR count). The Kier molecular flexibility index (Phi) is 4.03. The minimum atomic E-state index is -3.46. The average molecular weight is 286 g/mol. The molecule has 0 unspecified atom stereocenters. The summed E-state index contributed by atoms with van der Waals surface area (Å²) in [4.78, 5) is 0. The van der Waals surface area contributed by atoms with Crippen molar-refractivity contribution in [3.8, 4) is 0 Å². The SMILES string of the molecule is CN(C)S(=O)(=O)c1ccc(CNCC2(C)CCC2)o1. The maximum Gasteiger partial charge on any atom is 0.275 e. The van der Waals surface area contributed by atoms with Gasteiger partial charge in [-0.05, 0) is 30.4 Å². The van der Waals surface area contributed by atoms with Gasteiger partial charge in [-0.25, -0.2) is 12.7 Å². The van der Waals surface area contributed by atoms with Crippen LogP contribution in [-0.4, -0.2) is 33.4 Å². The number of furan rings is 1. The van der Waals surface area contributed by atoms with Gasteiger partial charge >= 0.3 is 0 Å². The monoisotopic (exact) mass is 286 g/mol. The fourth-order valence-corrected chi connectivity index (χ4v) is 3.03. The van der Waals surface area contributed by atoms with Gasteiger partial charge in [-0.2, -0.15) is 0 Å². The van der Waals surface area contributed by atoms with Gasteiger partial charge < -0.3 is 9.73 Å². The average Bonchev–Trinajstić information content (AvgIpc) is 2.76. The summed E-state index contributed by atoms with van der Waals surface area (Å²) in [5, 5.41) is 3.34. The minimum Gasteiger partial charge on any atom is -0.447 e.